The van der Waals surface area contributed by atoms with E-state index >= 15 is 0 Å². The standard InChI is InChI=1S/C12H12N2O5/c1-17-7-4-3-6(5-8(7)18-2)9-10(11(15)16)19-12(13)14-9/h3-5H,1-2H3,(H2,13,14)(H,15,16). The Hall–Kier alpha value is -2.70. The van der Waals surface area contributed by atoms with Gasteiger partial charge in [0.25, 0.3) is 6.01 Å². The van der Waals surface area contributed by atoms with Gasteiger partial charge in [0.15, 0.2) is 11.5 Å². The molecule has 0 unspecified atom stereocenters. The minimum atomic E-state index is -1.24. The second kappa shape index (κ2) is 4.89. The minimum Gasteiger partial charge on any atom is -0.493 e. The van der Waals surface area contributed by atoms with Gasteiger partial charge in [-0.3, -0.25) is 0 Å². The van der Waals surface area contributed by atoms with E-state index in [0.717, 1.165) is 0 Å². The van der Waals surface area contributed by atoms with Crippen LogP contribution in [0.4, 0.5) is 6.01 Å². The molecule has 7 heteroatoms. The lowest BCUT2D eigenvalue weighted by Gasteiger charge is -2.08. The normalized spacial score (nSPS) is 10.2. The molecule has 0 fully saturated rings. The Morgan fingerprint density at radius 1 is 1.32 bits per heavy atom. The van der Waals surface area contributed by atoms with Gasteiger partial charge in [0, 0.05) is 5.56 Å². The molecule has 19 heavy (non-hydrogen) atoms. The van der Waals surface area contributed by atoms with E-state index in [1.54, 1.807) is 18.2 Å². The molecule has 0 amide bonds. The van der Waals surface area contributed by atoms with Crippen molar-refractivity contribution < 1.29 is 23.8 Å². The largest absolute Gasteiger partial charge is 0.493 e. The number of rotatable bonds is 4. The first-order valence-corrected chi connectivity index (χ1v) is 5.28. The molecule has 1 aromatic heterocycles. The number of carbonyl (C=O) groups is 1. The molecule has 0 spiro atoms. The molecule has 1 heterocycles. The summed E-state index contributed by atoms with van der Waals surface area (Å²) in [6.07, 6.45) is 0. The van der Waals surface area contributed by atoms with E-state index in [2.05, 4.69) is 4.98 Å². The van der Waals surface area contributed by atoms with E-state index in [4.69, 9.17) is 24.7 Å². The monoisotopic (exact) mass is 264 g/mol. The van der Waals surface area contributed by atoms with Gasteiger partial charge in [-0.2, -0.15) is 4.98 Å². The summed E-state index contributed by atoms with van der Waals surface area (Å²) in [7, 11) is 2.99. The molecular weight excluding hydrogens is 252 g/mol. The Morgan fingerprint density at radius 3 is 2.58 bits per heavy atom. The molecule has 7 nitrogen and oxygen atoms in total. The lowest BCUT2D eigenvalue weighted by molar-refractivity contribution is 0.0665. The van der Waals surface area contributed by atoms with Crippen LogP contribution in [0.2, 0.25) is 0 Å². The number of hydrogen-bond acceptors (Lipinski definition) is 6. The Labute approximate surface area is 108 Å². The van der Waals surface area contributed by atoms with E-state index in [1.807, 2.05) is 0 Å². The molecule has 0 saturated carbocycles. The van der Waals surface area contributed by atoms with Gasteiger partial charge in [-0.1, -0.05) is 0 Å². The lowest BCUT2D eigenvalue weighted by atomic mass is 10.1. The van der Waals surface area contributed by atoms with E-state index < -0.39 is 5.97 Å². The maximum Gasteiger partial charge on any atom is 0.374 e. The number of nitrogens with zero attached hydrogens (tertiary/aromatic N) is 1. The van der Waals surface area contributed by atoms with Crippen molar-refractivity contribution in [2.24, 2.45) is 0 Å². The number of ether oxygens (including phenoxy) is 2. The van der Waals surface area contributed by atoms with Crippen molar-refractivity contribution in [2.45, 2.75) is 0 Å². The van der Waals surface area contributed by atoms with Crippen LogP contribution in [0.15, 0.2) is 22.6 Å². The zero-order valence-corrected chi connectivity index (χ0v) is 10.3. The lowest BCUT2D eigenvalue weighted by Crippen LogP contribution is -1.97. The minimum absolute atomic E-state index is 0.144. The summed E-state index contributed by atoms with van der Waals surface area (Å²) >= 11 is 0. The zero-order chi connectivity index (χ0) is 14.0. The Bertz CT molecular complexity index is 621. The first-order chi connectivity index (χ1) is 9.06. The smallest absolute Gasteiger partial charge is 0.374 e. The summed E-state index contributed by atoms with van der Waals surface area (Å²) in [5.74, 6) is -0.573. The van der Waals surface area contributed by atoms with Crippen LogP contribution in [0, 0.1) is 0 Å². The molecule has 3 N–H and O–H groups in total. The van der Waals surface area contributed by atoms with Gasteiger partial charge in [0.2, 0.25) is 5.76 Å². The number of methoxy groups -OCH3 is 2. The Morgan fingerprint density at radius 2 is 2.00 bits per heavy atom. The van der Waals surface area contributed by atoms with Crippen LogP contribution in [-0.2, 0) is 0 Å². The number of aromatic carboxylic acids is 1. The quantitative estimate of drug-likeness (QED) is 0.864. The second-order valence-electron chi connectivity index (χ2n) is 3.60. The summed E-state index contributed by atoms with van der Waals surface area (Å²) in [4.78, 5) is 14.9. The average Bonchev–Trinajstić information content (AvgIpc) is 2.80. The van der Waals surface area contributed by atoms with Gasteiger partial charge in [0.05, 0.1) is 14.2 Å². The van der Waals surface area contributed by atoms with Crippen LogP contribution in [0.25, 0.3) is 11.3 Å². The summed E-state index contributed by atoms with van der Waals surface area (Å²) < 4.78 is 15.1. The van der Waals surface area contributed by atoms with Gasteiger partial charge in [-0.25, -0.2) is 4.79 Å². The molecule has 100 valence electrons. The van der Waals surface area contributed by atoms with Crippen LogP contribution in [-0.4, -0.2) is 30.3 Å². The highest BCUT2D eigenvalue weighted by Gasteiger charge is 2.21. The third kappa shape index (κ3) is 2.30. The SMILES string of the molecule is COc1ccc(-c2nc(N)oc2C(=O)O)cc1OC. The number of hydrogen-bond donors (Lipinski definition) is 2. The van der Waals surface area contributed by atoms with Crippen molar-refractivity contribution in [1.29, 1.82) is 0 Å². The van der Waals surface area contributed by atoms with Crippen LogP contribution < -0.4 is 15.2 Å². The molecule has 0 saturated heterocycles. The first-order valence-electron chi connectivity index (χ1n) is 5.28. The summed E-state index contributed by atoms with van der Waals surface area (Å²) in [5, 5.41) is 9.02. The van der Waals surface area contributed by atoms with Crippen molar-refractivity contribution in [3.8, 4) is 22.8 Å². The van der Waals surface area contributed by atoms with Crippen LogP contribution in [0.1, 0.15) is 10.6 Å². The predicted molar refractivity (Wildman–Crippen MR) is 66.4 cm³/mol. The molecule has 0 bridgehead atoms. The zero-order valence-electron chi connectivity index (χ0n) is 10.3. The number of nitrogen functional groups attached to an aromatic ring is 1. The molecule has 1 aromatic carbocycles. The number of carboxylic acid groups (broad SMARTS) is 1. The molecule has 0 radical (unpaired) electrons. The fraction of sp³-hybridized carbons (Fsp3) is 0.167. The van der Waals surface area contributed by atoms with Crippen LogP contribution in [0.3, 0.4) is 0 Å². The highest BCUT2D eigenvalue weighted by molar-refractivity contribution is 5.92. The maximum atomic E-state index is 11.0. The second-order valence-corrected chi connectivity index (χ2v) is 3.60. The summed E-state index contributed by atoms with van der Waals surface area (Å²) in [6, 6.07) is 4.68. The summed E-state index contributed by atoms with van der Waals surface area (Å²) in [6.45, 7) is 0. The molecule has 0 aliphatic heterocycles. The topological polar surface area (TPSA) is 108 Å². The van der Waals surface area contributed by atoms with Crippen molar-refractivity contribution in [3.05, 3.63) is 24.0 Å². The van der Waals surface area contributed by atoms with Crippen molar-refractivity contribution in [1.82, 2.24) is 4.98 Å². The van der Waals surface area contributed by atoms with Gasteiger partial charge in [-0.05, 0) is 18.2 Å². The first kappa shape index (κ1) is 12.7. The number of aromatic nitrogens is 1. The van der Waals surface area contributed by atoms with Crippen LogP contribution >= 0.6 is 0 Å². The third-order valence-electron chi connectivity index (χ3n) is 2.49. The highest BCUT2D eigenvalue weighted by Crippen LogP contribution is 2.33. The molecular formula is C12H12N2O5. The number of anilines is 1. The van der Waals surface area contributed by atoms with Gasteiger partial charge in [-0.15, -0.1) is 0 Å². The van der Waals surface area contributed by atoms with Crippen LogP contribution in [0.5, 0.6) is 11.5 Å². The average molecular weight is 264 g/mol. The fourth-order valence-electron chi connectivity index (χ4n) is 1.66. The van der Waals surface area contributed by atoms with Gasteiger partial charge in [0.1, 0.15) is 5.69 Å². The van der Waals surface area contributed by atoms with E-state index in [9.17, 15) is 4.79 Å². The molecule has 2 aromatic rings. The summed E-state index contributed by atoms with van der Waals surface area (Å²) in [5.41, 5.74) is 6.04. The van der Waals surface area contributed by atoms with Crippen molar-refractivity contribution in [3.63, 3.8) is 0 Å². The number of benzene rings is 1. The Balaban J connectivity index is 2.56. The number of carboxylic acids is 1. The van der Waals surface area contributed by atoms with Gasteiger partial charge >= 0.3 is 5.97 Å². The van der Waals surface area contributed by atoms with Crippen molar-refractivity contribution >= 4 is 12.0 Å². The molecule has 2 rings (SSSR count). The third-order valence-corrected chi connectivity index (χ3v) is 2.49. The molecule has 0 aliphatic rings. The number of oxazole rings is 1. The van der Waals surface area contributed by atoms with E-state index in [0.29, 0.717) is 17.1 Å². The fourth-order valence-corrected chi connectivity index (χ4v) is 1.66. The maximum absolute atomic E-state index is 11.0. The molecule has 0 atom stereocenters. The Kier molecular flexibility index (Phi) is 3.28. The van der Waals surface area contributed by atoms with Crippen molar-refractivity contribution in [2.75, 3.05) is 20.0 Å². The van der Waals surface area contributed by atoms with Gasteiger partial charge < -0.3 is 24.7 Å². The number of nitrogens with two attached hydrogens (primary N) is 1. The van der Waals surface area contributed by atoms with E-state index in [1.165, 1.54) is 14.2 Å². The predicted octanol–water partition coefficient (Wildman–Crippen LogP) is 1.64. The van der Waals surface area contributed by atoms with E-state index in [-0.39, 0.29) is 17.5 Å². The highest BCUT2D eigenvalue weighted by atomic mass is 16.5. The molecule has 0 aliphatic carbocycles.